The van der Waals surface area contributed by atoms with Crippen molar-refractivity contribution in [3.63, 3.8) is 0 Å². The predicted octanol–water partition coefficient (Wildman–Crippen LogP) is -0.247. The van der Waals surface area contributed by atoms with E-state index in [1.807, 2.05) is 0 Å². The Labute approximate surface area is 116 Å². The van der Waals surface area contributed by atoms with Crippen LogP contribution in [0, 0.1) is 0 Å². The molecule has 2 saturated heterocycles. The lowest BCUT2D eigenvalue weighted by Crippen LogP contribution is -2.49. The van der Waals surface area contributed by atoms with Gasteiger partial charge in [-0.05, 0) is 25.9 Å². The van der Waals surface area contributed by atoms with E-state index >= 15 is 0 Å². The molecule has 5 nitrogen and oxygen atoms in total. The first-order valence-electron chi connectivity index (χ1n) is 7.72. The Morgan fingerprint density at radius 2 is 2.32 bits per heavy atom. The molecule has 0 aromatic heterocycles. The minimum atomic E-state index is 0.233. The number of nitrogens with one attached hydrogen (secondary N) is 1. The smallest absolute Gasteiger partial charge is 0.0829 e. The number of hydrogen-bond donors (Lipinski definition) is 2. The van der Waals surface area contributed by atoms with Crippen molar-refractivity contribution in [2.45, 2.75) is 31.9 Å². The molecule has 2 fully saturated rings. The van der Waals surface area contributed by atoms with E-state index in [9.17, 15) is 5.11 Å². The van der Waals surface area contributed by atoms with E-state index < -0.39 is 0 Å². The van der Waals surface area contributed by atoms with Crippen molar-refractivity contribution >= 4 is 0 Å². The molecule has 0 aromatic rings. The highest BCUT2D eigenvalue weighted by Gasteiger charge is 2.24. The molecule has 2 rings (SSSR count). The Bertz CT molecular complexity index is 247. The number of likely N-dealkylation sites (N-methyl/N-ethyl adjacent to an activating group) is 1. The second-order valence-electron chi connectivity index (χ2n) is 5.66. The average Bonchev–Trinajstić information content (AvgIpc) is 2.92. The number of hydrogen-bond acceptors (Lipinski definition) is 5. The van der Waals surface area contributed by atoms with Gasteiger partial charge >= 0.3 is 0 Å². The number of aliphatic hydroxyl groups is 1. The Morgan fingerprint density at radius 3 is 3.00 bits per heavy atom. The van der Waals surface area contributed by atoms with Gasteiger partial charge in [0.1, 0.15) is 0 Å². The van der Waals surface area contributed by atoms with Gasteiger partial charge in [0.15, 0.2) is 0 Å². The van der Waals surface area contributed by atoms with Gasteiger partial charge < -0.3 is 15.2 Å². The van der Waals surface area contributed by atoms with Crippen LogP contribution in [0.15, 0.2) is 0 Å². The number of morpholine rings is 1. The van der Waals surface area contributed by atoms with Crippen molar-refractivity contribution in [2.75, 3.05) is 59.0 Å². The summed E-state index contributed by atoms with van der Waals surface area (Å²) in [6.07, 6.45) is 2.83. The quantitative estimate of drug-likeness (QED) is 0.669. The third-order valence-corrected chi connectivity index (χ3v) is 4.19. The molecular formula is C14H29N3O2. The molecule has 5 heteroatoms. The summed E-state index contributed by atoms with van der Waals surface area (Å²) < 4.78 is 5.87. The summed E-state index contributed by atoms with van der Waals surface area (Å²) in [5, 5.41) is 12.8. The van der Waals surface area contributed by atoms with Crippen molar-refractivity contribution < 1.29 is 9.84 Å². The molecule has 112 valence electrons. The molecule has 0 radical (unpaired) electrons. The van der Waals surface area contributed by atoms with Crippen LogP contribution in [0.25, 0.3) is 0 Å². The molecule has 2 N–H and O–H groups in total. The first kappa shape index (κ1) is 15.2. The van der Waals surface area contributed by atoms with E-state index in [1.165, 1.54) is 12.8 Å². The number of nitrogens with zero attached hydrogens (tertiary/aromatic N) is 2. The molecule has 0 bridgehead atoms. The molecule has 0 amide bonds. The zero-order valence-corrected chi connectivity index (χ0v) is 12.2. The van der Waals surface area contributed by atoms with Crippen molar-refractivity contribution in [1.29, 1.82) is 0 Å². The van der Waals surface area contributed by atoms with Gasteiger partial charge in [-0.2, -0.15) is 0 Å². The molecule has 2 aliphatic heterocycles. The van der Waals surface area contributed by atoms with Crippen molar-refractivity contribution in [3.8, 4) is 0 Å². The monoisotopic (exact) mass is 271 g/mol. The number of aliphatic hydroxyl groups excluding tert-OH is 1. The largest absolute Gasteiger partial charge is 0.395 e. The summed E-state index contributed by atoms with van der Waals surface area (Å²) >= 11 is 0. The zero-order chi connectivity index (χ0) is 13.5. The molecule has 2 unspecified atom stereocenters. The van der Waals surface area contributed by atoms with E-state index in [-0.39, 0.29) is 6.61 Å². The van der Waals surface area contributed by atoms with E-state index in [2.05, 4.69) is 22.0 Å². The summed E-state index contributed by atoms with van der Waals surface area (Å²) in [6.45, 7) is 10.3. The minimum absolute atomic E-state index is 0.233. The lowest BCUT2D eigenvalue weighted by Gasteiger charge is -2.35. The minimum Gasteiger partial charge on any atom is -0.395 e. The van der Waals surface area contributed by atoms with Crippen LogP contribution in [0.5, 0.6) is 0 Å². The van der Waals surface area contributed by atoms with Crippen LogP contribution in [0.1, 0.15) is 19.8 Å². The molecule has 0 saturated carbocycles. The molecule has 2 aliphatic rings. The highest BCUT2D eigenvalue weighted by Crippen LogP contribution is 2.10. The summed E-state index contributed by atoms with van der Waals surface area (Å²) in [6, 6.07) is 0.595. The van der Waals surface area contributed by atoms with Gasteiger partial charge in [0.25, 0.3) is 0 Å². The summed E-state index contributed by atoms with van der Waals surface area (Å²) in [5.41, 5.74) is 0. The fourth-order valence-electron chi connectivity index (χ4n) is 3.09. The molecule has 2 heterocycles. The molecule has 0 spiro atoms. The first-order chi connectivity index (χ1) is 9.31. The maximum Gasteiger partial charge on any atom is 0.0829 e. The Morgan fingerprint density at radius 1 is 1.42 bits per heavy atom. The van der Waals surface area contributed by atoms with Gasteiger partial charge in [-0.15, -0.1) is 0 Å². The van der Waals surface area contributed by atoms with Crippen LogP contribution < -0.4 is 5.32 Å². The van der Waals surface area contributed by atoms with Crippen LogP contribution in [0.3, 0.4) is 0 Å². The number of ether oxygens (including phenoxy) is 1. The van der Waals surface area contributed by atoms with E-state index in [0.717, 1.165) is 52.4 Å². The first-order valence-corrected chi connectivity index (χ1v) is 7.72. The van der Waals surface area contributed by atoms with E-state index in [4.69, 9.17) is 4.74 Å². The molecule has 2 atom stereocenters. The van der Waals surface area contributed by atoms with Gasteiger partial charge in [0, 0.05) is 38.8 Å². The van der Waals surface area contributed by atoms with Crippen LogP contribution in [0.4, 0.5) is 0 Å². The molecule has 0 aliphatic carbocycles. The normalized spacial score (nSPS) is 29.2. The van der Waals surface area contributed by atoms with Gasteiger partial charge in [0.05, 0.1) is 19.3 Å². The third-order valence-electron chi connectivity index (χ3n) is 4.19. The molecule has 0 aromatic carbocycles. The van der Waals surface area contributed by atoms with Crippen molar-refractivity contribution in [1.82, 2.24) is 15.1 Å². The maximum atomic E-state index is 9.22. The van der Waals surface area contributed by atoms with Gasteiger partial charge in [-0.25, -0.2) is 0 Å². The fraction of sp³-hybridized carbons (Fsp3) is 1.00. The SMILES string of the molecule is CCN1CCOC(CN(CCO)CC2CCCN2)C1. The standard InChI is InChI=1S/C14H29N3O2/c1-2-16-7-9-19-14(11-16)12-17(6-8-18)10-13-4-3-5-15-13/h13-15,18H,2-12H2,1H3. The van der Waals surface area contributed by atoms with Gasteiger partial charge in [-0.1, -0.05) is 6.92 Å². The second kappa shape index (κ2) is 8.17. The van der Waals surface area contributed by atoms with Crippen molar-refractivity contribution in [3.05, 3.63) is 0 Å². The second-order valence-corrected chi connectivity index (χ2v) is 5.66. The van der Waals surface area contributed by atoms with E-state index in [0.29, 0.717) is 12.1 Å². The van der Waals surface area contributed by atoms with Crippen LogP contribution in [-0.2, 0) is 4.74 Å². The Kier molecular flexibility index (Phi) is 6.53. The van der Waals surface area contributed by atoms with Crippen LogP contribution >= 0.6 is 0 Å². The maximum absolute atomic E-state index is 9.22. The predicted molar refractivity (Wildman–Crippen MR) is 76.4 cm³/mol. The van der Waals surface area contributed by atoms with Crippen LogP contribution in [-0.4, -0.2) is 86.1 Å². The lowest BCUT2D eigenvalue weighted by molar-refractivity contribution is -0.0438. The zero-order valence-electron chi connectivity index (χ0n) is 12.2. The molecular weight excluding hydrogens is 242 g/mol. The number of rotatable bonds is 7. The van der Waals surface area contributed by atoms with Gasteiger partial charge in [-0.3, -0.25) is 9.80 Å². The van der Waals surface area contributed by atoms with Crippen LogP contribution in [0.2, 0.25) is 0 Å². The highest BCUT2D eigenvalue weighted by molar-refractivity contribution is 4.81. The molecule has 19 heavy (non-hydrogen) atoms. The Balaban J connectivity index is 1.77. The van der Waals surface area contributed by atoms with Gasteiger partial charge in [0.2, 0.25) is 0 Å². The van der Waals surface area contributed by atoms with Crippen molar-refractivity contribution in [2.24, 2.45) is 0 Å². The summed E-state index contributed by atoms with van der Waals surface area (Å²) in [7, 11) is 0. The third kappa shape index (κ3) is 5.00. The topological polar surface area (TPSA) is 48.0 Å². The van der Waals surface area contributed by atoms with E-state index in [1.54, 1.807) is 0 Å². The Hall–Kier alpha value is -0.200. The summed E-state index contributed by atoms with van der Waals surface area (Å²) in [4.78, 5) is 4.80. The average molecular weight is 271 g/mol. The fourth-order valence-corrected chi connectivity index (χ4v) is 3.09. The summed E-state index contributed by atoms with van der Waals surface area (Å²) in [5.74, 6) is 0. The highest BCUT2D eigenvalue weighted by atomic mass is 16.5. The lowest BCUT2D eigenvalue weighted by atomic mass is 10.2.